The van der Waals surface area contributed by atoms with Gasteiger partial charge in [-0.2, -0.15) is 0 Å². The van der Waals surface area contributed by atoms with Crippen LogP contribution in [0.2, 0.25) is 0 Å². The molecule has 1 N–H and O–H groups in total. The Bertz CT molecular complexity index is 844. The van der Waals surface area contributed by atoms with Crippen LogP contribution in [0.5, 0.6) is 0 Å². The average Bonchev–Trinajstić information content (AvgIpc) is 3.20. The quantitative estimate of drug-likeness (QED) is 0.934. The molecule has 0 bridgehead atoms. The lowest BCUT2D eigenvalue weighted by Crippen LogP contribution is -2.28. The lowest BCUT2D eigenvalue weighted by molar-refractivity contribution is -0.122. The number of nitrogens with one attached hydrogen (secondary N) is 1. The Hall–Kier alpha value is -2.62. The van der Waals surface area contributed by atoms with Gasteiger partial charge in [-0.1, -0.05) is 18.2 Å². The number of amides is 2. The second-order valence-corrected chi connectivity index (χ2v) is 7.07. The first kappa shape index (κ1) is 15.9. The first-order valence-corrected chi connectivity index (χ1v) is 8.90. The third kappa shape index (κ3) is 3.16. The van der Waals surface area contributed by atoms with Crippen LogP contribution in [0.1, 0.15) is 29.5 Å². The van der Waals surface area contributed by atoms with Gasteiger partial charge in [0, 0.05) is 24.3 Å². The van der Waals surface area contributed by atoms with Crippen molar-refractivity contribution in [2.24, 2.45) is 5.92 Å². The van der Waals surface area contributed by atoms with E-state index in [0.717, 1.165) is 29.8 Å². The van der Waals surface area contributed by atoms with Crippen molar-refractivity contribution in [3.05, 3.63) is 59.2 Å². The van der Waals surface area contributed by atoms with Crippen LogP contribution in [0.15, 0.2) is 42.5 Å². The summed E-state index contributed by atoms with van der Waals surface area (Å²) in [6.45, 7) is 2.45. The number of hydrogen-bond acceptors (Lipinski definition) is 2. The average molecular weight is 334 g/mol. The van der Waals surface area contributed by atoms with Crippen LogP contribution in [0.25, 0.3) is 0 Å². The first-order valence-electron chi connectivity index (χ1n) is 8.90. The Labute approximate surface area is 147 Å². The van der Waals surface area contributed by atoms with Crippen molar-refractivity contribution >= 4 is 23.2 Å². The van der Waals surface area contributed by atoms with Crippen molar-refractivity contribution in [2.45, 2.75) is 32.6 Å². The van der Waals surface area contributed by atoms with Gasteiger partial charge in [-0.15, -0.1) is 0 Å². The van der Waals surface area contributed by atoms with Gasteiger partial charge in [0.15, 0.2) is 0 Å². The van der Waals surface area contributed by atoms with Gasteiger partial charge in [0.05, 0.1) is 5.92 Å². The highest BCUT2D eigenvalue weighted by Crippen LogP contribution is 2.28. The van der Waals surface area contributed by atoms with Crippen LogP contribution >= 0.6 is 0 Å². The largest absolute Gasteiger partial charge is 0.326 e. The lowest BCUT2D eigenvalue weighted by Gasteiger charge is -2.17. The number of anilines is 2. The van der Waals surface area contributed by atoms with Gasteiger partial charge in [-0.3, -0.25) is 9.59 Å². The molecule has 128 valence electrons. The number of carbonyl (C=O) groups excluding carboxylic acids is 2. The molecule has 2 aliphatic rings. The second-order valence-electron chi connectivity index (χ2n) is 7.07. The summed E-state index contributed by atoms with van der Waals surface area (Å²) in [4.78, 5) is 26.7. The van der Waals surface area contributed by atoms with Crippen molar-refractivity contribution in [1.82, 2.24) is 0 Å². The summed E-state index contributed by atoms with van der Waals surface area (Å²) in [7, 11) is 0. The Morgan fingerprint density at radius 3 is 2.80 bits per heavy atom. The van der Waals surface area contributed by atoms with Gasteiger partial charge in [-0.05, 0) is 67.1 Å². The number of aryl methyl sites for hydroxylation is 3. The normalized spacial score (nSPS) is 19.2. The smallest absolute Gasteiger partial charge is 0.229 e. The van der Waals surface area contributed by atoms with Crippen molar-refractivity contribution in [2.75, 3.05) is 16.8 Å². The van der Waals surface area contributed by atoms with E-state index in [1.54, 1.807) is 4.90 Å². The van der Waals surface area contributed by atoms with Crippen LogP contribution < -0.4 is 10.2 Å². The van der Waals surface area contributed by atoms with Gasteiger partial charge in [0.1, 0.15) is 0 Å². The third-order valence-electron chi connectivity index (χ3n) is 5.18. The molecule has 1 fully saturated rings. The molecule has 0 aromatic heterocycles. The van der Waals surface area contributed by atoms with E-state index >= 15 is 0 Å². The predicted octanol–water partition coefficient (Wildman–Crippen LogP) is 3.48. The number of hydrogen-bond donors (Lipinski definition) is 1. The molecule has 1 heterocycles. The fraction of sp³-hybridized carbons (Fsp3) is 0.333. The first-order chi connectivity index (χ1) is 12.1. The zero-order chi connectivity index (χ0) is 17.4. The fourth-order valence-electron chi connectivity index (χ4n) is 3.82. The molecular formula is C21H22N2O2. The number of carbonyl (C=O) groups is 2. The fourth-order valence-corrected chi connectivity index (χ4v) is 3.82. The number of rotatable bonds is 3. The summed E-state index contributed by atoms with van der Waals surface area (Å²) in [5.41, 5.74) is 5.54. The minimum absolute atomic E-state index is 0.0136. The van der Waals surface area contributed by atoms with Crippen LogP contribution in [0.3, 0.4) is 0 Å². The maximum atomic E-state index is 12.6. The van der Waals surface area contributed by atoms with Crippen LogP contribution in [-0.4, -0.2) is 18.4 Å². The SMILES string of the molecule is Cc1cccc(N2C[C@@H](C(=O)Nc3ccc4c(c3)CCC4)CC2=O)c1. The van der Waals surface area contributed by atoms with Crippen molar-refractivity contribution in [1.29, 1.82) is 0 Å². The van der Waals surface area contributed by atoms with Gasteiger partial charge >= 0.3 is 0 Å². The predicted molar refractivity (Wildman–Crippen MR) is 98.7 cm³/mol. The van der Waals surface area contributed by atoms with Crippen molar-refractivity contribution in [3.8, 4) is 0 Å². The molecule has 4 rings (SSSR count). The molecule has 0 spiro atoms. The molecule has 2 aromatic rings. The Kier molecular flexibility index (Phi) is 4.04. The molecule has 1 atom stereocenters. The molecule has 2 aromatic carbocycles. The highest BCUT2D eigenvalue weighted by atomic mass is 16.2. The van der Waals surface area contributed by atoms with Gasteiger partial charge in [-0.25, -0.2) is 0 Å². The minimum atomic E-state index is -0.304. The number of benzene rings is 2. The number of fused-ring (bicyclic) bond motifs is 1. The molecule has 1 aliphatic heterocycles. The molecule has 1 saturated heterocycles. The van der Waals surface area contributed by atoms with E-state index in [4.69, 9.17) is 0 Å². The number of nitrogens with zero attached hydrogens (tertiary/aromatic N) is 1. The topological polar surface area (TPSA) is 49.4 Å². The zero-order valence-electron chi connectivity index (χ0n) is 14.4. The van der Waals surface area contributed by atoms with Gasteiger partial charge in [0.25, 0.3) is 0 Å². The van der Waals surface area contributed by atoms with Gasteiger partial charge in [0.2, 0.25) is 11.8 Å². The van der Waals surface area contributed by atoms with E-state index in [1.807, 2.05) is 37.3 Å². The van der Waals surface area contributed by atoms with E-state index < -0.39 is 0 Å². The molecule has 0 unspecified atom stereocenters. The highest BCUT2D eigenvalue weighted by Gasteiger charge is 2.35. The summed E-state index contributed by atoms with van der Waals surface area (Å²) < 4.78 is 0. The second kappa shape index (κ2) is 6.36. The summed E-state index contributed by atoms with van der Waals surface area (Å²) >= 11 is 0. The van der Waals surface area contributed by atoms with E-state index in [2.05, 4.69) is 17.4 Å². The Morgan fingerprint density at radius 1 is 1.12 bits per heavy atom. The van der Waals surface area contributed by atoms with Crippen LogP contribution in [0, 0.1) is 12.8 Å². The van der Waals surface area contributed by atoms with Gasteiger partial charge < -0.3 is 10.2 Å². The summed E-state index contributed by atoms with van der Waals surface area (Å²) in [6, 6.07) is 14.0. The highest BCUT2D eigenvalue weighted by molar-refractivity contribution is 6.03. The van der Waals surface area contributed by atoms with E-state index in [9.17, 15) is 9.59 Å². The molecular weight excluding hydrogens is 312 g/mol. The molecule has 25 heavy (non-hydrogen) atoms. The lowest BCUT2D eigenvalue weighted by atomic mass is 10.1. The summed E-state index contributed by atoms with van der Waals surface area (Å²) in [5, 5.41) is 3.00. The zero-order valence-corrected chi connectivity index (χ0v) is 14.4. The van der Waals surface area contributed by atoms with Crippen LogP contribution in [-0.2, 0) is 22.4 Å². The van der Waals surface area contributed by atoms with Crippen molar-refractivity contribution < 1.29 is 9.59 Å². The van der Waals surface area contributed by atoms with Crippen LogP contribution in [0.4, 0.5) is 11.4 Å². The third-order valence-corrected chi connectivity index (χ3v) is 5.18. The Morgan fingerprint density at radius 2 is 1.96 bits per heavy atom. The van der Waals surface area contributed by atoms with E-state index in [-0.39, 0.29) is 24.2 Å². The molecule has 1 aliphatic carbocycles. The summed E-state index contributed by atoms with van der Waals surface area (Å²) in [6.07, 6.45) is 3.67. The monoisotopic (exact) mass is 334 g/mol. The maximum absolute atomic E-state index is 12.6. The molecule has 4 heteroatoms. The van der Waals surface area contributed by atoms with E-state index in [1.165, 1.54) is 17.5 Å². The molecule has 0 radical (unpaired) electrons. The molecule has 0 saturated carbocycles. The molecule has 4 nitrogen and oxygen atoms in total. The maximum Gasteiger partial charge on any atom is 0.229 e. The minimum Gasteiger partial charge on any atom is -0.326 e. The van der Waals surface area contributed by atoms with E-state index in [0.29, 0.717) is 6.54 Å². The summed E-state index contributed by atoms with van der Waals surface area (Å²) in [5.74, 6) is -0.359. The molecule has 2 amide bonds. The van der Waals surface area contributed by atoms with Crippen molar-refractivity contribution in [3.63, 3.8) is 0 Å². The Balaban J connectivity index is 1.45. The standard InChI is InChI=1S/C21H22N2O2/c1-14-4-2-7-19(10-14)23-13-17(12-20(23)24)21(25)22-18-9-8-15-5-3-6-16(15)11-18/h2,4,7-11,17H,3,5-6,12-13H2,1H3,(H,22,25)/t17-/m0/s1.